The van der Waals surface area contributed by atoms with Crippen molar-refractivity contribution in [2.24, 2.45) is 34.5 Å². The Morgan fingerprint density at radius 2 is 1.77 bits per heavy atom. The number of amides is 1. The summed E-state index contributed by atoms with van der Waals surface area (Å²) in [7, 11) is 2.07. The normalized spacial score (nSPS) is 44.6. The van der Waals surface area contributed by atoms with Crippen LogP contribution in [0, 0.1) is 41.4 Å². The Balaban J connectivity index is 1.64. The number of benzene rings is 1. The largest absolute Gasteiger partial charge is 0.338 e. The number of hydrogen-bond donors (Lipinski definition) is 0. The molecule has 2 unspecified atom stereocenters. The summed E-state index contributed by atoms with van der Waals surface area (Å²) in [6, 6.07) is 9.19. The molecule has 1 amide bonds. The molecule has 1 aromatic carbocycles. The second kappa shape index (κ2) is 6.97. The van der Waals surface area contributed by atoms with E-state index in [1.54, 1.807) is 0 Å². The fourth-order valence-corrected chi connectivity index (χ4v) is 8.46. The van der Waals surface area contributed by atoms with E-state index in [4.69, 9.17) is 0 Å². The van der Waals surface area contributed by atoms with Crippen LogP contribution in [0.1, 0.15) is 76.8 Å². The van der Waals surface area contributed by atoms with Crippen molar-refractivity contribution in [1.82, 2.24) is 4.90 Å². The van der Waals surface area contributed by atoms with Crippen LogP contribution in [0.5, 0.6) is 0 Å². The van der Waals surface area contributed by atoms with E-state index in [0.717, 1.165) is 30.6 Å². The van der Waals surface area contributed by atoms with Gasteiger partial charge in [0.1, 0.15) is 0 Å². The molecular formula is C28H39NO. The molecule has 1 aromatic rings. The summed E-state index contributed by atoms with van der Waals surface area (Å²) in [5.41, 5.74) is 4.87. The highest BCUT2D eigenvalue weighted by Gasteiger charge is 2.62. The fraction of sp³-hybridized carbons (Fsp3) is 0.679. The van der Waals surface area contributed by atoms with Gasteiger partial charge in [0, 0.05) is 13.5 Å². The molecule has 0 aromatic heterocycles. The Morgan fingerprint density at radius 1 is 1.03 bits per heavy atom. The first kappa shape index (κ1) is 20.3. The predicted octanol–water partition coefficient (Wildman–Crippen LogP) is 6.49. The van der Waals surface area contributed by atoms with Crippen molar-refractivity contribution in [2.75, 3.05) is 7.05 Å². The van der Waals surface area contributed by atoms with Crippen molar-refractivity contribution in [3.8, 4) is 0 Å². The number of carbonyl (C=O) groups excluding carboxylic acids is 1. The van der Waals surface area contributed by atoms with Crippen molar-refractivity contribution in [1.29, 1.82) is 0 Å². The van der Waals surface area contributed by atoms with Crippen LogP contribution in [0.4, 0.5) is 0 Å². The lowest BCUT2D eigenvalue weighted by atomic mass is 9.44. The maximum Gasteiger partial charge on any atom is 0.222 e. The van der Waals surface area contributed by atoms with E-state index < -0.39 is 0 Å². The van der Waals surface area contributed by atoms with E-state index in [-0.39, 0.29) is 11.5 Å². The van der Waals surface area contributed by atoms with Crippen LogP contribution in [0.3, 0.4) is 0 Å². The minimum Gasteiger partial charge on any atom is -0.338 e. The molecule has 4 aliphatic rings. The number of likely N-dealkylation sites (N-methyl/N-ethyl adjacent to an activating group) is 1. The van der Waals surface area contributed by atoms with Crippen LogP contribution in [0.2, 0.25) is 0 Å². The number of carbonyl (C=O) groups is 1. The van der Waals surface area contributed by atoms with Crippen LogP contribution in [-0.4, -0.2) is 23.9 Å². The second-order valence-corrected chi connectivity index (χ2v) is 11.6. The Labute approximate surface area is 183 Å². The Hall–Kier alpha value is -1.57. The highest BCUT2D eigenvalue weighted by atomic mass is 16.2. The van der Waals surface area contributed by atoms with Gasteiger partial charge < -0.3 is 4.90 Å². The summed E-state index contributed by atoms with van der Waals surface area (Å²) in [6.07, 6.45) is 11.2. The molecular weight excluding hydrogens is 366 g/mol. The van der Waals surface area contributed by atoms with Gasteiger partial charge in [-0.05, 0) is 84.7 Å². The van der Waals surface area contributed by atoms with Crippen LogP contribution in [0.15, 0.2) is 29.8 Å². The van der Waals surface area contributed by atoms with Gasteiger partial charge in [-0.1, -0.05) is 63.1 Å². The summed E-state index contributed by atoms with van der Waals surface area (Å²) in [4.78, 5) is 15.0. The van der Waals surface area contributed by atoms with Crippen molar-refractivity contribution in [3.05, 3.63) is 41.0 Å². The van der Waals surface area contributed by atoms with Crippen LogP contribution in [-0.2, 0) is 4.79 Å². The molecule has 7 atom stereocenters. The molecule has 2 heteroatoms. The van der Waals surface area contributed by atoms with Crippen molar-refractivity contribution < 1.29 is 4.79 Å². The zero-order chi connectivity index (χ0) is 21.3. The maximum atomic E-state index is 12.8. The molecule has 2 nitrogen and oxygen atoms in total. The maximum absolute atomic E-state index is 12.8. The molecule has 0 spiro atoms. The predicted molar refractivity (Wildman–Crippen MR) is 124 cm³/mol. The number of fused-ring (bicyclic) bond motifs is 5. The van der Waals surface area contributed by atoms with E-state index in [2.05, 4.69) is 70.0 Å². The van der Waals surface area contributed by atoms with Gasteiger partial charge in [-0.25, -0.2) is 0 Å². The van der Waals surface area contributed by atoms with E-state index >= 15 is 0 Å². The van der Waals surface area contributed by atoms with Crippen LogP contribution in [0.25, 0.3) is 6.08 Å². The summed E-state index contributed by atoms with van der Waals surface area (Å²) in [5, 5.41) is 0. The van der Waals surface area contributed by atoms with Gasteiger partial charge in [0.15, 0.2) is 0 Å². The van der Waals surface area contributed by atoms with E-state index in [0.29, 0.717) is 17.2 Å². The van der Waals surface area contributed by atoms with E-state index in [1.807, 2.05) is 0 Å². The first-order valence-corrected chi connectivity index (χ1v) is 12.3. The quantitative estimate of drug-likeness (QED) is 0.523. The van der Waals surface area contributed by atoms with Gasteiger partial charge in [0.2, 0.25) is 5.91 Å². The van der Waals surface area contributed by atoms with Gasteiger partial charge in [0.05, 0.1) is 6.04 Å². The lowest BCUT2D eigenvalue weighted by Crippen LogP contribution is -2.64. The number of nitrogens with zero attached hydrogens (tertiary/aromatic N) is 1. The Kier molecular flexibility index (Phi) is 4.73. The minimum absolute atomic E-state index is 0.209. The minimum atomic E-state index is 0.209. The molecule has 1 aliphatic heterocycles. The molecule has 3 saturated carbocycles. The summed E-state index contributed by atoms with van der Waals surface area (Å²) in [6.45, 7) is 9.76. The monoisotopic (exact) mass is 405 g/mol. The number of likely N-dealkylation sites (tertiary alicyclic amines) is 1. The number of aryl methyl sites for hydroxylation is 1. The van der Waals surface area contributed by atoms with E-state index in [9.17, 15) is 4.79 Å². The molecule has 1 saturated heterocycles. The van der Waals surface area contributed by atoms with Gasteiger partial charge >= 0.3 is 0 Å². The summed E-state index contributed by atoms with van der Waals surface area (Å²) >= 11 is 0. The van der Waals surface area contributed by atoms with Crippen LogP contribution < -0.4 is 0 Å². The van der Waals surface area contributed by atoms with E-state index in [1.165, 1.54) is 48.8 Å². The first-order valence-electron chi connectivity index (χ1n) is 12.3. The van der Waals surface area contributed by atoms with Crippen molar-refractivity contribution >= 4 is 12.0 Å². The Bertz CT molecular complexity index is 869. The fourth-order valence-electron chi connectivity index (χ4n) is 8.46. The molecule has 5 rings (SSSR count). The third-order valence-corrected chi connectivity index (χ3v) is 10.1. The third-order valence-electron chi connectivity index (χ3n) is 10.1. The molecule has 4 fully saturated rings. The average molecular weight is 406 g/mol. The zero-order valence-electron chi connectivity index (χ0n) is 19.6. The topological polar surface area (TPSA) is 20.3 Å². The molecule has 0 radical (unpaired) electrons. The molecule has 162 valence electrons. The summed E-state index contributed by atoms with van der Waals surface area (Å²) < 4.78 is 0. The van der Waals surface area contributed by atoms with Crippen molar-refractivity contribution in [2.45, 2.75) is 78.7 Å². The zero-order valence-corrected chi connectivity index (χ0v) is 19.6. The lowest BCUT2D eigenvalue weighted by Gasteiger charge is -2.64. The second-order valence-electron chi connectivity index (χ2n) is 11.6. The lowest BCUT2D eigenvalue weighted by molar-refractivity contribution is -0.153. The SMILES string of the molecule is Cc1ccc(C=C2C(C)[C@@H]3[C@@H](CC[C@]4(C)CCC[C@@H]34)[C@@]3(C)CCC(=O)N(C)C23)cc1. The number of hydrogen-bond acceptors (Lipinski definition) is 1. The highest BCUT2D eigenvalue weighted by Crippen LogP contribution is 2.67. The smallest absolute Gasteiger partial charge is 0.222 e. The molecule has 30 heavy (non-hydrogen) atoms. The van der Waals surface area contributed by atoms with Gasteiger partial charge in [0.25, 0.3) is 0 Å². The standard InChI is InChI=1S/C28H39NO/c1-18-8-10-20(11-9-18)17-21-19(2)25-22-7-6-14-27(22,3)15-12-23(25)28(4)16-13-24(30)29(5)26(21)28/h8-11,17,19,22-23,25-26H,6-7,12-16H2,1-5H3/t19?,22-,23+,25-,26?,27-,28+/m0/s1. The van der Waals surface area contributed by atoms with Crippen LogP contribution >= 0.6 is 0 Å². The van der Waals surface area contributed by atoms with Gasteiger partial charge in [-0.15, -0.1) is 0 Å². The number of rotatable bonds is 1. The molecule has 0 N–H and O–H groups in total. The third kappa shape index (κ3) is 2.85. The summed E-state index contributed by atoms with van der Waals surface area (Å²) in [5.74, 6) is 3.25. The molecule has 1 heterocycles. The average Bonchev–Trinajstić information content (AvgIpc) is 3.11. The first-order chi connectivity index (χ1) is 14.2. The molecule has 0 bridgehead atoms. The molecule has 3 aliphatic carbocycles. The highest BCUT2D eigenvalue weighted by molar-refractivity contribution is 5.78. The van der Waals surface area contributed by atoms with Gasteiger partial charge in [-0.2, -0.15) is 0 Å². The number of piperidine rings is 1. The van der Waals surface area contributed by atoms with Crippen molar-refractivity contribution in [3.63, 3.8) is 0 Å². The van der Waals surface area contributed by atoms with Gasteiger partial charge in [-0.3, -0.25) is 4.79 Å². The Morgan fingerprint density at radius 3 is 2.50 bits per heavy atom.